The van der Waals surface area contributed by atoms with Crippen LogP contribution in [0.1, 0.15) is 64.7 Å². The zero-order valence-corrected chi connectivity index (χ0v) is 14.7. The fourth-order valence-electron chi connectivity index (χ4n) is 1.70. The van der Waals surface area contributed by atoms with Crippen molar-refractivity contribution in [3.63, 3.8) is 0 Å². The molecule has 3 nitrogen and oxygen atoms in total. The monoisotopic (exact) mass is 284 g/mol. The third-order valence-electron chi connectivity index (χ3n) is 2.69. The van der Waals surface area contributed by atoms with Crippen molar-refractivity contribution in [1.29, 1.82) is 0 Å². The Bertz CT molecular complexity index is 287. The van der Waals surface area contributed by atoms with E-state index in [1.54, 1.807) is 6.08 Å². The van der Waals surface area contributed by atoms with E-state index in [2.05, 4.69) is 6.92 Å². The molecule has 0 bridgehead atoms. The maximum atomic E-state index is 10.3. The first-order chi connectivity index (χ1) is 8.06. The van der Waals surface area contributed by atoms with Crippen molar-refractivity contribution < 1.29 is 42.5 Å². The average molecular weight is 284 g/mol. The SMILES string of the molecule is CCCCCCCCCCC=CCS(=O)(=O)[O-].[Na+]. The van der Waals surface area contributed by atoms with Crippen LogP contribution < -0.4 is 29.6 Å². The summed E-state index contributed by atoms with van der Waals surface area (Å²) in [5, 5.41) is 0. The Labute approximate surface area is 134 Å². The fourth-order valence-corrected chi connectivity index (χ4v) is 2.07. The summed E-state index contributed by atoms with van der Waals surface area (Å²) < 4.78 is 30.9. The van der Waals surface area contributed by atoms with Gasteiger partial charge in [0.1, 0.15) is 0 Å². The predicted molar refractivity (Wildman–Crippen MR) is 70.9 cm³/mol. The standard InChI is InChI=1S/C13H26O3S.Na/c1-2-3-4-5-6-7-8-9-10-11-12-13-17(14,15)16;/h11-12H,2-10,13H2,1H3,(H,14,15,16);/q;+1/p-1. The zero-order valence-electron chi connectivity index (χ0n) is 11.9. The fraction of sp³-hybridized carbons (Fsp3) is 0.846. The van der Waals surface area contributed by atoms with Gasteiger partial charge in [-0.2, -0.15) is 0 Å². The average Bonchev–Trinajstić information content (AvgIpc) is 2.24. The molecule has 0 aromatic rings. The third kappa shape index (κ3) is 19.0. The van der Waals surface area contributed by atoms with Crippen molar-refractivity contribution >= 4 is 10.1 Å². The Morgan fingerprint density at radius 2 is 1.39 bits per heavy atom. The number of unbranched alkanes of at least 4 members (excludes halogenated alkanes) is 8. The van der Waals surface area contributed by atoms with Crippen LogP contribution in [0, 0.1) is 0 Å². The molecule has 0 radical (unpaired) electrons. The van der Waals surface area contributed by atoms with Gasteiger partial charge in [0.2, 0.25) is 0 Å². The van der Waals surface area contributed by atoms with Crippen LogP contribution in [0.2, 0.25) is 0 Å². The van der Waals surface area contributed by atoms with Gasteiger partial charge in [-0.05, 0) is 12.8 Å². The van der Waals surface area contributed by atoms with E-state index in [0.717, 1.165) is 12.8 Å². The molecule has 5 heteroatoms. The van der Waals surface area contributed by atoms with Crippen LogP contribution in [0.15, 0.2) is 12.2 Å². The van der Waals surface area contributed by atoms with Crippen molar-refractivity contribution in [2.45, 2.75) is 64.7 Å². The Kier molecular flexibility index (Phi) is 16.4. The summed E-state index contributed by atoms with van der Waals surface area (Å²) in [6.45, 7) is 2.22. The maximum absolute atomic E-state index is 10.3. The molecule has 0 saturated heterocycles. The van der Waals surface area contributed by atoms with Gasteiger partial charge in [-0.25, -0.2) is 8.42 Å². The normalized spacial score (nSPS) is 11.7. The molecule has 102 valence electrons. The zero-order chi connectivity index (χ0) is 13.0. The number of hydrogen-bond acceptors (Lipinski definition) is 3. The van der Waals surface area contributed by atoms with Gasteiger partial charge in [0.25, 0.3) is 0 Å². The third-order valence-corrected chi connectivity index (χ3v) is 3.29. The van der Waals surface area contributed by atoms with Crippen LogP contribution in [0.25, 0.3) is 0 Å². The van der Waals surface area contributed by atoms with Crippen LogP contribution in [0.3, 0.4) is 0 Å². The van der Waals surface area contributed by atoms with E-state index in [9.17, 15) is 13.0 Å². The molecule has 0 aromatic heterocycles. The summed E-state index contributed by atoms with van der Waals surface area (Å²) >= 11 is 0. The summed E-state index contributed by atoms with van der Waals surface area (Å²) in [4.78, 5) is 0. The molecule has 0 amide bonds. The first kappa shape index (κ1) is 21.0. The van der Waals surface area contributed by atoms with E-state index in [4.69, 9.17) is 0 Å². The van der Waals surface area contributed by atoms with Gasteiger partial charge >= 0.3 is 29.6 Å². The van der Waals surface area contributed by atoms with Crippen LogP contribution in [-0.2, 0) is 10.1 Å². The van der Waals surface area contributed by atoms with Crippen LogP contribution in [0.5, 0.6) is 0 Å². The van der Waals surface area contributed by atoms with Gasteiger partial charge in [0.15, 0.2) is 0 Å². The number of rotatable bonds is 11. The van der Waals surface area contributed by atoms with Crippen molar-refractivity contribution in [2.24, 2.45) is 0 Å². The van der Waals surface area contributed by atoms with E-state index in [-0.39, 0.29) is 35.3 Å². The first-order valence-electron chi connectivity index (χ1n) is 6.65. The smallest absolute Gasteiger partial charge is 0.748 e. The molecule has 0 aliphatic rings. The Morgan fingerprint density at radius 3 is 1.89 bits per heavy atom. The van der Waals surface area contributed by atoms with Crippen molar-refractivity contribution in [2.75, 3.05) is 5.75 Å². The first-order valence-corrected chi connectivity index (χ1v) is 8.22. The summed E-state index contributed by atoms with van der Waals surface area (Å²) in [5.41, 5.74) is 0. The Morgan fingerprint density at radius 1 is 0.889 bits per heavy atom. The molecule has 0 heterocycles. The number of allylic oxidation sites excluding steroid dienone is 1. The molecular formula is C13H25NaO3S. The molecule has 18 heavy (non-hydrogen) atoms. The molecule has 0 aromatic carbocycles. The summed E-state index contributed by atoms with van der Waals surface area (Å²) in [5.74, 6) is -0.371. The van der Waals surface area contributed by atoms with Crippen LogP contribution >= 0.6 is 0 Å². The molecule has 0 aliphatic carbocycles. The minimum Gasteiger partial charge on any atom is -0.748 e. The van der Waals surface area contributed by atoms with Gasteiger partial charge in [-0.1, -0.05) is 64.0 Å². The van der Waals surface area contributed by atoms with E-state index in [0.29, 0.717) is 0 Å². The molecule has 0 spiro atoms. The summed E-state index contributed by atoms with van der Waals surface area (Å²) in [6, 6.07) is 0. The molecule has 0 unspecified atom stereocenters. The van der Waals surface area contributed by atoms with Gasteiger partial charge in [-0.3, -0.25) is 0 Å². The van der Waals surface area contributed by atoms with Crippen molar-refractivity contribution in [3.8, 4) is 0 Å². The molecule has 0 N–H and O–H groups in total. The molecule has 0 atom stereocenters. The van der Waals surface area contributed by atoms with Gasteiger partial charge in [0, 0.05) is 0 Å². The Hall–Kier alpha value is 0.650. The minimum atomic E-state index is -4.07. The summed E-state index contributed by atoms with van der Waals surface area (Å²) in [7, 11) is -4.07. The number of hydrogen-bond donors (Lipinski definition) is 0. The molecular weight excluding hydrogens is 259 g/mol. The van der Waals surface area contributed by atoms with Crippen LogP contribution in [0.4, 0.5) is 0 Å². The van der Waals surface area contributed by atoms with Gasteiger partial charge in [0.05, 0.1) is 15.9 Å². The van der Waals surface area contributed by atoms with E-state index >= 15 is 0 Å². The van der Waals surface area contributed by atoms with Crippen molar-refractivity contribution in [1.82, 2.24) is 0 Å². The van der Waals surface area contributed by atoms with Crippen molar-refractivity contribution in [3.05, 3.63) is 12.2 Å². The largest absolute Gasteiger partial charge is 1.00 e. The van der Waals surface area contributed by atoms with Gasteiger partial charge in [-0.15, -0.1) is 0 Å². The second kappa shape index (κ2) is 14.1. The Balaban J connectivity index is 0. The topological polar surface area (TPSA) is 57.2 Å². The predicted octanol–water partition coefficient (Wildman–Crippen LogP) is 0.623. The minimum absolute atomic E-state index is 0. The summed E-state index contributed by atoms with van der Waals surface area (Å²) in [6.07, 6.45) is 14.3. The maximum Gasteiger partial charge on any atom is 1.00 e. The van der Waals surface area contributed by atoms with E-state index in [1.807, 2.05) is 0 Å². The molecule has 0 fully saturated rings. The van der Waals surface area contributed by atoms with E-state index in [1.165, 1.54) is 51.0 Å². The second-order valence-corrected chi connectivity index (χ2v) is 5.91. The van der Waals surface area contributed by atoms with Gasteiger partial charge < -0.3 is 4.55 Å². The van der Waals surface area contributed by atoms with E-state index < -0.39 is 10.1 Å². The quantitative estimate of drug-likeness (QED) is 0.242. The molecule has 0 saturated carbocycles. The second-order valence-electron chi connectivity index (χ2n) is 4.46. The molecule has 0 rings (SSSR count). The molecule has 0 aliphatic heterocycles. The van der Waals surface area contributed by atoms with Crippen LogP contribution in [-0.4, -0.2) is 18.7 Å².